The summed E-state index contributed by atoms with van der Waals surface area (Å²) in [5.74, 6) is -1.65. The standard InChI is InChI=1S/C21H25ClFN3O4S/c1-4-19(21(28)24-2)25(13-15-8-5-6-11-18(15)22)20(27)14-26(31(3,29)30)17-10-7-9-16(23)12-17/h5-12,19H,4,13-14H2,1-3H3,(H,24,28). The van der Waals surface area contributed by atoms with Crippen LogP contribution >= 0.6 is 11.6 Å². The molecule has 10 heteroatoms. The van der Waals surface area contributed by atoms with Crippen molar-refractivity contribution in [2.45, 2.75) is 25.9 Å². The van der Waals surface area contributed by atoms with Crippen LogP contribution in [0, 0.1) is 5.82 Å². The van der Waals surface area contributed by atoms with Gasteiger partial charge in [-0.05, 0) is 36.2 Å². The highest BCUT2D eigenvalue weighted by atomic mass is 35.5. The molecule has 0 bridgehead atoms. The number of carbonyl (C=O) groups excluding carboxylic acids is 2. The lowest BCUT2D eigenvalue weighted by atomic mass is 10.1. The SMILES string of the molecule is CCC(C(=O)NC)N(Cc1ccccc1Cl)C(=O)CN(c1cccc(F)c1)S(C)(=O)=O. The Balaban J connectivity index is 2.44. The number of benzene rings is 2. The largest absolute Gasteiger partial charge is 0.357 e. The lowest BCUT2D eigenvalue weighted by molar-refractivity contribution is -0.140. The molecule has 168 valence electrons. The zero-order valence-electron chi connectivity index (χ0n) is 17.5. The van der Waals surface area contributed by atoms with E-state index in [1.165, 1.54) is 30.1 Å². The third-order valence-corrected chi connectivity index (χ3v) is 6.22. The van der Waals surface area contributed by atoms with Crippen LogP contribution in [0.15, 0.2) is 48.5 Å². The van der Waals surface area contributed by atoms with Gasteiger partial charge in [0.25, 0.3) is 0 Å². The van der Waals surface area contributed by atoms with Crippen molar-refractivity contribution >= 4 is 39.1 Å². The van der Waals surface area contributed by atoms with E-state index in [-0.39, 0.29) is 18.1 Å². The van der Waals surface area contributed by atoms with Crippen molar-refractivity contribution in [1.29, 1.82) is 0 Å². The fraction of sp³-hybridized carbons (Fsp3) is 0.333. The van der Waals surface area contributed by atoms with E-state index < -0.39 is 34.3 Å². The Hall–Kier alpha value is -2.65. The molecule has 1 N–H and O–H groups in total. The summed E-state index contributed by atoms with van der Waals surface area (Å²) in [6, 6.07) is 11.0. The van der Waals surface area contributed by atoms with Crippen LogP contribution in [-0.2, 0) is 26.2 Å². The summed E-state index contributed by atoms with van der Waals surface area (Å²) >= 11 is 6.24. The first-order chi connectivity index (χ1) is 14.6. The van der Waals surface area contributed by atoms with Crippen molar-refractivity contribution in [2.24, 2.45) is 0 Å². The minimum atomic E-state index is -3.91. The van der Waals surface area contributed by atoms with Crippen LogP contribution in [0.25, 0.3) is 0 Å². The van der Waals surface area contributed by atoms with Gasteiger partial charge in [-0.2, -0.15) is 0 Å². The number of carbonyl (C=O) groups is 2. The van der Waals surface area contributed by atoms with Crippen molar-refractivity contribution in [3.05, 3.63) is 64.9 Å². The average Bonchev–Trinajstić information content (AvgIpc) is 2.71. The molecular weight excluding hydrogens is 445 g/mol. The summed E-state index contributed by atoms with van der Waals surface area (Å²) in [5, 5.41) is 2.94. The molecule has 0 saturated carbocycles. The Bertz CT molecular complexity index is 1050. The highest BCUT2D eigenvalue weighted by Crippen LogP contribution is 2.22. The second-order valence-electron chi connectivity index (χ2n) is 6.90. The molecule has 0 aliphatic carbocycles. The number of nitrogens with one attached hydrogen (secondary N) is 1. The number of nitrogens with zero attached hydrogens (tertiary/aromatic N) is 2. The molecule has 2 amide bonds. The van der Waals surface area contributed by atoms with Gasteiger partial charge in [0.15, 0.2) is 0 Å². The van der Waals surface area contributed by atoms with E-state index in [0.717, 1.165) is 16.6 Å². The fourth-order valence-electron chi connectivity index (χ4n) is 3.14. The van der Waals surface area contributed by atoms with Crippen LogP contribution in [-0.4, -0.2) is 51.0 Å². The molecule has 1 atom stereocenters. The van der Waals surface area contributed by atoms with E-state index in [1.807, 2.05) is 0 Å². The van der Waals surface area contributed by atoms with Crippen LogP contribution in [0.1, 0.15) is 18.9 Å². The predicted octanol–water partition coefficient (Wildman–Crippen LogP) is 2.80. The Kier molecular flexibility index (Phi) is 8.41. The highest BCUT2D eigenvalue weighted by Gasteiger charge is 2.31. The summed E-state index contributed by atoms with van der Waals surface area (Å²) in [7, 11) is -2.45. The molecule has 0 aliphatic heterocycles. The summed E-state index contributed by atoms with van der Waals surface area (Å²) in [4.78, 5) is 27.0. The lowest BCUT2D eigenvalue weighted by Crippen LogP contribution is -2.51. The summed E-state index contributed by atoms with van der Waals surface area (Å²) in [6.45, 7) is 1.15. The minimum Gasteiger partial charge on any atom is -0.357 e. The van der Waals surface area contributed by atoms with Crippen molar-refractivity contribution in [2.75, 3.05) is 24.2 Å². The maximum atomic E-state index is 13.7. The Labute approximate surface area is 186 Å². The van der Waals surface area contributed by atoms with Crippen LogP contribution in [0.4, 0.5) is 10.1 Å². The normalized spacial score (nSPS) is 12.2. The molecule has 0 spiro atoms. The molecule has 2 aromatic rings. The van der Waals surface area contributed by atoms with Crippen LogP contribution in [0.2, 0.25) is 5.02 Å². The van der Waals surface area contributed by atoms with Gasteiger partial charge in [-0.3, -0.25) is 13.9 Å². The molecule has 0 fully saturated rings. The van der Waals surface area contributed by atoms with Gasteiger partial charge in [0.1, 0.15) is 18.4 Å². The summed E-state index contributed by atoms with van der Waals surface area (Å²) in [5.41, 5.74) is 0.623. The number of anilines is 1. The second kappa shape index (κ2) is 10.6. The lowest BCUT2D eigenvalue weighted by Gasteiger charge is -2.32. The van der Waals surface area contributed by atoms with Crippen molar-refractivity contribution in [1.82, 2.24) is 10.2 Å². The fourth-order valence-corrected chi connectivity index (χ4v) is 4.18. The number of amides is 2. The molecule has 0 aromatic heterocycles. The maximum Gasteiger partial charge on any atom is 0.244 e. The van der Waals surface area contributed by atoms with Crippen molar-refractivity contribution in [3.8, 4) is 0 Å². The molecule has 31 heavy (non-hydrogen) atoms. The van der Waals surface area contributed by atoms with E-state index in [1.54, 1.807) is 31.2 Å². The molecule has 1 unspecified atom stereocenters. The van der Waals surface area contributed by atoms with Crippen molar-refractivity contribution in [3.63, 3.8) is 0 Å². The summed E-state index contributed by atoms with van der Waals surface area (Å²) < 4.78 is 39.3. The number of sulfonamides is 1. The number of halogens is 2. The smallest absolute Gasteiger partial charge is 0.244 e. The number of likely N-dealkylation sites (N-methyl/N-ethyl adjacent to an activating group) is 1. The molecule has 0 saturated heterocycles. The van der Waals surface area contributed by atoms with E-state index in [0.29, 0.717) is 17.0 Å². The molecule has 0 heterocycles. The molecule has 0 radical (unpaired) electrons. The average molecular weight is 470 g/mol. The first kappa shape index (κ1) is 24.6. The van der Waals surface area contributed by atoms with Crippen LogP contribution in [0.3, 0.4) is 0 Å². The number of hydrogen-bond acceptors (Lipinski definition) is 4. The zero-order chi connectivity index (χ0) is 23.2. The quantitative estimate of drug-likeness (QED) is 0.611. The third-order valence-electron chi connectivity index (χ3n) is 4.71. The van der Waals surface area contributed by atoms with E-state index in [9.17, 15) is 22.4 Å². The van der Waals surface area contributed by atoms with Crippen LogP contribution in [0.5, 0.6) is 0 Å². The van der Waals surface area contributed by atoms with Crippen molar-refractivity contribution < 1.29 is 22.4 Å². The topological polar surface area (TPSA) is 86.8 Å². The van der Waals surface area contributed by atoms with Gasteiger partial charge in [-0.15, -0.1) is 0 Å². The second-order valence-corrected chi connectivity index (χ2v) is 9.21. The maximum absolute atomic E-state index is 13.7. The molecule has 0 aliphatic rings. The molecule has 2 rings (SSSR count). The highest BCUT2D eigenvalue weighted by molar-refractivity contribution is 7.92. The van der Waals surface area contributed by atoms with Gasteiger partial charge in [0.05, 0.1) is 11.9 Å². The first-order valence-corrected chi connectivity index (χ1v) is 11.8. The Morgan fingerprint density at radius 3 is 2.39 bits per heavy atom. The van der Waals surface area contributed by atoms with E-state index in [2.05, 4.69) is 5.32 Å². The van der Waals surface area contributed by atoms with E-state index in [4.69, 9.17) is 11.6 Å². The Morgan fingerprint density at radius 2 is 1.84 bits per heavy atom. The molecule has 7 nitrogen and oxygen atoms in total. The van der Waals surface area contributed by atoms with Gasteiger partial charge in [0.2, 0.25) is 21.8 Å². The molecule has 2 aromatic carbocycles. The van der Waals surface area contributed by atoms with Gasteiger partial charge in [0, 0.05) is 18.6 Å². The third kappa shape index (κ3) is 6.41. The summed E-state index contributed by atoms with van der Waals surface area (Å²) in [6.07, 6.45) is 1.23. The predicted molar refractivity (Wildman–Crippen MR) is 119 cm³/mol. The minimum absolute atomic E-state index is 0.00514. The number of hydrogen-bond donors (Lipinski definition) is 1. The van der Waals surface area contributed by atoms with Gasteiger partial charge in [-0.25, -0.2) is 12.8 Å². The monoisotopic (exact) mass is 469 g/mol. The Morgan fingerprint density at radius 1 is 1.16 bits per heavy atom. The van der Waals surface area contributed by atoms with Gasteiger partial charge >= 0.3 is 0 Å². The van der Waals surface area contributed by atoms with Gasteiger partial charge in [-0.1, -0.05) is 42.8 Å². The van der Waals surface area contributed by atoms with E-state index >= 15 is 0 Å². The molecular formula is C21H25ClFN3O4S. The number of rotatable bonds is 9. The zero-order valence-corrected chi connectivity index (χ0v) is 19.1. The van der Waals surface area contributed by atoms with Crippen LogP contribution < -0.4 is 9.62 Å². The van der Waals surface area contributed by atoms with Gasteiger partial charge < -0.3 is 10.2 Å². The first-order valence-electron chi connectivity index (χ1n) is 9.56.